The van der Waals surface area contributed by atoms with Gasteiger partial charge < -0.3 is 4.74 Å². The van der Waals surface area contributed by atoms with Crippen LogP contribution in [0.15, 0.2) is 36.5 Å². The predicted molar refractivity (Wildman–Crippen MR) is 75.8 cm³/mol. The molecule has 0 bridgehead atoms. The minimum Gasteiger partial charge on any atom is -0.452 e. The van der Waals surface area contributed by atoms with Gasteiger partial charge in [0.2, 0.25) is 0 Å². The maximum absolute atomic E-state index is 11.9. The van der Waals surface area contributed by atoms with Crippen molar-refractivity contribution in [1.29, 1.82) is 0 Å². The molecule has 0 spiro atoms. The van der Waals surface area contributed by atoms with Crippen LogP contribution in [0, 0.1) is 0 Å². The smallest absolute Gasteiger partial charge is 0.184 e. The molecule has 1 aliphatic heterocycles. The minimum absolute atomic E-state index is 0.183. The van der Waals surface area contributed by atoms with E-state index < -0.39 is 15.2 Å². The summed E-state index contributed by atoms with van der Waals surface area (Å²) in [5.74, 6) is 1.17. The summed E-state index contributed by atoms with van der Waals surface area (Å²) in [5, 5.41) is 3.60. The molecule has 1 saturated heterocycles. The summed E-state index contributed by atoms with van der Waals surface area (Å²) < 4.78 is 30.8. The lowest BCUT2D eigenvalue weighted by Gasteiger charge is -2.11. The Morgan fingerprint density at radius 2 is 2.05 bits per heavy atom. The van der Waals surface area contributed by atoms with E-state index in [-0.39, 0.29) is 10.9 Å². The Hall–Kier alpha value is -1.53. The van der Waals surface area contributed by atoms with Gasteiger partial charge in [-0.1, -0.05) is 29.8 Å². The van der Waals surface area contributed by atoms with Crippen molar-refractivity contribution in [1.82, 2.24) is 9.78 Å². The number of hydrogen-bond donors (Lipinski definition) is 0. The molecule has 1 aliphatic rings. The van der Waals surface area contributed by atoms with Gasteiger partial charge in [0, 0.05) is 0 Å². The summed E-state index contributed by atoms with van der Waals surface area (Å²) in [7, 11) is -3.16. The number of ether oxygens (including phenoxy) is 1. The summed E-state index contributed by atoms with van der Waals surface area (Å²) in [6.45, 7) is 0. The minimum atomic E-state index is -3.16. The van der Waals surface area contributed by atoms with Crippen LogP contribution in [0.4, 0.5) is 0 Å². The summed E-state index contributed by atoms with van der Waals surface area (Å²) in [6, 6.07) is 9.15. The highest BCUT2D eigenvalue weighted by molar-refractivity contribution is 7.91. The van der Waals surface area contributed by atoms with Crippen LogP contribution in [0.5, 0.6) is 11.5 Å². The number of rotatable bonds is 3. The molecule has 1 atom stereocenters. The Labute approximate surface area is 122 Å². The first kappa shape index (κ1) is 13.5. The molecular weight excluding hydrogens is 300 g/mol. The summed E-state index contributed by atoms with van der Waals surface area (Å²) in [5.41, 5.74) is 0. The third-order valence-electron chi connectivity index (χ3n) is 3.24. The first-order chi connectivity index (χ1) is 9.58. The second-order valence-corrected chi connectivity index (χ2v) is 7.26. The molecule has 3 rings (SSSR count). The zero-order valence-electron chi connectivity index (χ0n) is 10.6. The van der Waals surface area contributed by atoms with Gasteiger partial charge in [0.15, 0.2) is 26.1 Å². The summed E-state index contributed by atoms with van der Waals surface area (Å²) in [6.07, 6.45) is 2.62. The van der Waals surface area contributed by atoms with Crippen molar-refractivity contribution in [3.63, 3.8) is 0 Å². The third-order valence-corrected chi connectivity index (χ3v) is 5.72. The second kappa shape index (κ2) is 5.10. The zero-order chi connectivity index (χ0) is 14.2. The van der Waals surface area contributed by atoms with Crippen molar-refractivity contribution in [3.05, 3.63) is 41.7 Å². The fraction of sp³-hybridized carbons (Fsp3) is 0.308. The second-order valence-electron chi connectivity index (χ2n) is 4.62. The van der Waals surface area contributed by atoms with E-state index in [9.17, 15) is 8.42 Å². The number of hydrogen-bond acceptors (Lipinski definition) is 4. The first-order valence-corrected chi connectivity index (χ1v) is 8.35. The highest BCUT2D eigenvalue weighted by atomic mass is 35.5. The van der Waals surface area contributed by atoms with Crippen LogP contribution in [0.3, 0.4) is 0 Å². The van der Waals surface area contributed by atoms with Crippen molar-refractivity contribution in [2.45, 2.75) is 18.2 Å². The van der Waals surface area contributed by atoms with Crippen LogP contribution < -0.4 is 4.74 Å². The Morgan fingerprint density at radius 3 is 2.70 bits per heavy atom. The van der Waals surface area contributed by atoms with E-state index in [1.807, 2.05) is 18.2 Å². The van der Waals surface area contributed by atoms with Crippen molar-refractivity contribution in [3.8, 4) is 11.5 Å². The third kappa shape index (κ3) is 2.41. The Kier molecular flexibility index (Phi) is 3.43. The predicted octanol–water partition coefficient (Wildman–Crippen LogP) is 3.04. The van der Waals surface area contributed by atoms with Gasteiger partial charge >= 0.3 is 0 Å². The van der Waals surface area contributed by atoms with Gasteiger partial charge in [-0.15, -0.1) is 0 Å². The number of benzene rings is 1. The van der Waals surface area contributed by atoms with E-state index in [0.29, 0.717) is 24.3 Å². The summed E-state index contributed by atoms with van der Waals surface area (Å²) >= 11 is 6.19. The monoisotopic (exact) mass is 312 g/mol. The average molecular weight is 313 g/mol. The van der Waals surface area contributed by atoms with E-state index in [1.165, 1.54) is 10.9 Å². The van der Waals surface area contributed by atoms with E-state index >= 15 is 0 Å². The Morgan fingerprint density at radius 1 is 1.30 bits per heavy atom. The molecule has 1 aromatic heterocycles. The molecule has 0 saturated carbocycles. The zero-order valence-corrected chi connectivity index (χ0v) is 12.1. The quantitative estimate of drug-likeness (QED) is 0.874. The van der Waals surface area contributed by atoms with Crippen molar-refractivity contribution in [2.75, 3.05) is 5.75 Å². The molecule has 0 aliphatic carbocycles. The molecule has 5 nitrogen and oxygen atoms in total. The lowest BCUT2D eigenvalue weighted by Crippen LogP contribution is -2.16. The molecular formula is C13H13ClN2O3S. The maximum atomic E-state index is 11.9. The molecule has 0 radical (unpaired) electrons. The van der Waals surface area contributed by atoms with Crippen LogP contribution in [0.25, 0.3) is 0 Å². The lowest BCUT2D eigenvalue weighted by molar-refractivity contribution is 0.479. The van der Waals surface area contributed by atoms with Crippen LogP contribution in [-0.2, 0) is 9.84 Å². The molecule has 0 amide bonds. The number of sulfone groups is 1. The van der Waals surface area contributed by atoms with Gasteiger partial charge in [-0.25, -0.2) is 13.1 Å². The van der Waals surface area contributed by atoms with Gasteiger partial charge in [-0.2, -0.15) is 5.10 Å². The Balaban J connectivity index is 1.90. The van der Waals surface area contributed by atoms with Crippen LogP contribution >= 0.6 is 11.6 Å². The number of aromatic nitrogens is 2. The van der Waals surface area contributed by atoms with Gasteiger partial charge in [-0.05, 0) is 25.0 Å². The van der Waals surface area contributed by atoms with Crippen molar-refractivity contribution < 1.29 is 13.2 Å². The molecule has 2 aromatic rings. The fourth-order valence-electron chi connectivity index (χ4n) is 2.27. The van der Waals surface area contributed by atoms with Crippen LogP contribution in [-0.4, -0.2) is 24.0 Å². The van der Waals surface area contributed by atoms with E-state index in [2.05, 4.69) is 5.10 Å². The Bertz CT molecular complexity index is 712. The van der Waals surface area contributed by atoms with E-state index in [0.717, 1.165) is 0 Å². The molecule has 2 heterocycles. The molecule has 1 aromatic carbocycles. The number of para-hydroxylation sites is 1. The largest absolute Gasteiger partial charge is 0.452 e. The molecule has 106 valence electrons. The van der Waals surface area contributed by atoms with Gasteiger partial charge in [0.25, 0.3) is 0 Å². The highest BCUT2D eigenvalue weighted by Gasteiger charge is 2.35. The van der Waals surface area contributed by atoms with Gasteiger partial charge in [-0.3, -0.25) is 0 Å². The SMILES string of the molecule is O=S1(=O)CCCC1n1ncc(Oc2ccccc2)c1Cl. The van der Waals surface area contributed by atoms with Crippen LogP contribution in [0.2, 0.25) is 5.15 Å². The van der Waals surface area contributed by atoms with E-state index in [1.54, 1.807) is 12.1 Å². The van der Waals surface area contributed by atoms with Crippen molar-refractivity contribution in [2.24, 2.45) is 0 Å². The first-order valence-electron chi connectivity index (χ1n) is 6.25. The molecule has 0 N–H and O–H groups in total. The number of halogens is 1. The van der Waals surface area contributed by atoms with Crippen molar-refractivity contribution >= 4 is 21.4 Å². The maximum Gasteiger partial charge on any atom is 0.184 e. The topological polar surface area (TPSA) is 61.2 Å². The number of nitrogens with zero attached hydrogens (tertiary/aromatic N) is 2. The fourth-order valence-corrected chi connectivity index (χ4v) is 4.40. The molecule has 1 fully saturated rings. The summed E-state index contributed by atoms with van der Waals surface area (Å²) in [4.78, 5) is 0. The normalized spacial score (nSPS) is 20.9. The molecule has 20 heavy (non-hydrogen) atoms. The van der Waals surface area contributed by atoms with Gasteiger partial charge in [0.1, 0.15) is 5.75 Å². The van der Waals surface area contributed by atoms with Crippen LogP contribution in [0.1, 0.15) is 18.2 Å². The molecule has 7 heteroatoms. The highest BCUT2D eigenvalue weighted by Crippen LogP contribution is 2.36. The van der Waals surface area contributed by atoms with Gasteiger partial charge in [0.05, 0.1) is 11.9 Å². The average Bonchev–Trinajstić information content (AvgIpc) is 2.94. The molecule has 1 unspecified atom stereocenters. The standard InChI is InChI=1S/C13H13ClN2O3S/c14-13-11(19-10-5-2-1-3-6-10)9-15-16(13)12-7-4-8-20(12,17)18/h1-3,5-6,9,12H,4,7-8H2. The van der Waals surface area contributed by atoms with E-state index in [4.69, 9.17) is 16.3 Å². The lowest BCUT2D eigenvalue weighted by atomic mass is 10.3.